The number of amides is 1. The van der Waals surface area contributed by atoms with E-state index in [1.807, 2.05) is 0 Å². The lowest BCUT2D eigenvalue weighted by molar-refractivity contribution is -0.118. The predicted molar refractivity (Wildman–Crippen MR) is 128 cm³/mol. The van der Waals surface area contributed by atoms with Gasteiger partial charge in [-0.3, -0.25) is 14.9 Å². The number of hydrogen-bond acceptors (Lipinski definition) is 6. The van der Waals surface area contributed by atoms with Gasteiger partial charge in [-0.05, 0) is 37.5 Å². The fourth-order valence-electron chi connectivity index (χ4n) is 3.20. The first kappa shape index (κ1) is 25.6. The van der Waals surface area contributed by atoms with Crippen molar-refractivity contribution in [2.75, 3.05) is 19.0 Å². The van der Waals surface area contributed by atoms with Crippen LogP contribution in [0.1, 0.15) is 84.3 Å². The second-order valence-corrected chi connectivity index (χ2v) is 8.75. The number of nitrogens with one attached hydrogen (secondary N) is 3. The Morgan fingerprint density at radius 1 is 1.16 bits per heavy atom. The molecule has 178 valence electrons. The molecule has 2 unspecified atom stereocenters. The van der Waals surface area contributed by atoms with E-state index in [0.29, 0.717) is 23.5 Å². The van der Waals surface area contributed by atoms with Crippen molar-refractivity contribution in [3.8, 4) is 5.88 Å². The number of ether oxygens (including phenoxy) is 1. The Hall–Kier alpha value is -2.64. The molecular formula is C24H40N6O2. The summed E-state index contributed by atoms with van der Waals surface area (Å²) < 4.78 is 5.66. The second kappa shape index (κ2) is 13.7. The van der Waals surface area contributed by atoms with Gasteiger partial charge in [0, 0.05) is 31.6 Å². The Morgan fingerprint density at radius 2 is 1.88 bits per heavy atom. The minimum absolute atomic E-state index is 0.00463. The van der Waals surface area contributed by atoms with Gasteiger partial charge in [-0.15, -0.1) is 0 Å². The van der Waals surface area contributed by atoms with Gasteiger partial charge < -0.3 is 15.4 Å². The van der Waals surface area contributed by atoms with E-state index < -0.39 is 0 Å². The molecule has 3 N–H and O–H groups in total. The molecule has 0 aliphatic heterocycles. The first-order valence-corrected chi connectivity index (χ1v) is 11.9. The largest absolute Gasteiger partial charge is 0.476 e. The third-order valence-corrected chi connectivity index (χ3v) is 5.62. The zero-order chi connectivity index (χ0) is 23.3. The highest BCUT2D eigenvalue weighted by Gasteiger charge is 2.24. The van der Waals surface area contributed by atoms with Crippen LogP contribution in [-0.4, -0.2) is 39.7 Å². The smallest absolute Gasteiger partial charge is 0.234 e. The summed E-state index contributed by atoms with van der Waals surface area (Å²) in [7, 11) is 1.60. The lowest BCUT2D eigenvalue weighted by Crippen LogP contribution is -2.11. The number of carbonyl (C=O) groups is 1. The molecule has 8 heteroatoms. The summed E-state index contributed by atoms with van der Waals surface area (Å²) in [4.78, 5) is 18.3. The number of anilines is 2. The van der Waals surface area contributed by atoms with Gasteiger partial charge in [-0.1, -0.05) is 40.0 Å². The highest BCUT2D eigenvalue weighted by Crippen LogP contribution is 2.37. The second-order valence-electron chi connectivity index (χ2n) is 8.75. The number of nitrogens with zero attached hydrogens (tertiary/aromatic N) is 3. The molecule has 0 bridgehead atoms. The molecular weight excluding hydrogens is 404 g/mol. The van der Waals surface area contributed by atoms with Crippen LogP contribution in [-0.2, 0) is 4.79 Å². The third kappa shape index (κ3) is 9.66. The molecule has 2 aromatic heterocycles. The van der Waals surface area contributed by atoms with E-state index in [9.17, 15) is 4.79 Å². The maximum Gasteiger partial charge on any atom is 0.234 e. The molecule has 2 aliphatic carbocycles. The predicted octanol–water partition coefficient (Wildman–Crippen LogP) is 5.19. The van der Waals surface area contributed by atoms with Crippen LogP contribution in [0, 0.1) is 11.8 Å². The van der Waals surface area contributed by atoms with Gasteiger partial charge in [0.25, 0.3) is 0 Å². The Bertz CT molecular complexity index is 803. The molecule has 1 amide bonds. The highest BCUT2D eigenvalue weighted by atomic mass is 16.5. The molecule has 0 aromatic carbocycles. The first-order valence-electron chi connectivity index (χ1n) is 11.9. The van der Waals surface area contributed by atoms with E-state index in [2.05, 4.69) is 57.6 Å². The van der Waals surface area contributed by atoms with E-state index in [1.165, 1.54) is 57.6 Å². The molecule has 2 heterocycles. The van der Waals surface area contributed by atoms with Gasteiger partial charge in [0.15, 0.2) is 11.6 Å². The van der Waals surface area contributed by atoms with Crippen LogP contribution in [0.15, 0.2) is 18.5 Å². The Labute approximate surface area is 192 Å². The number of rotatable bonds is 7. The van der Waals surface area contributed by atoms with Crippen molar-refractivity contribution in [2.45, 2.75) is 78.6 Å². The summed E-state index contributed by atoms with van der Waals surface area (Å²) in [5.74, 6) is 4.14. The monoisotopic (exact) mass is 444 g/mol. The van der Waals surface area contributed by atoms with Crippen LogP contribution in [0.3, 0.4) is 0 Å². The standard InChI is InChI=1S/C17H23N5O.C4H10.C3H7NO/c1-11-2-5-13(6-11)14-7-15(22-21-14)19-16-8-18-9-17(20-16)23-10-12-3-4-12;1-3-4-2;1-3(5)4-2/h7-9,11-13H,2-6,10H2,1H3,(H2,19,20,21,22);3-4H2,1-2H3;1-2H3,(H,4,5). The van der Waals surface area contributed by atoms with Gasteiger partial charge in [-0.25, -0.2) is 0 Å². The van der Waals surface area contributed by atoms with Crippen LogP contribution in [0.5, 0.6) is 5.88 Å². The number of carbonyl (C=O) groups excluding carboxylic acids is 1. The number of aromatic amines is 1. The summed E-state index contributed by atoms with van der Waals surface area (Å²) in [5, 5.41) is 13.1. The average molecular weight is 445 g/mol. The molecule has 2 atom stereocenters. The van der Waals surface area contributed by atoms with Gasteiger partial charge in [0.05, 0.1) is 19.0 Å². The minimum Gasteiger partial charge on any atom is -0.476 e. The molecule has 2 aliphatic rings. The van der Waals surface area contributed by atoms with E-state index in [0.717, 1.165) is 18.3 Å². The Balaban J connectivity index is 0.000000346. The minimum atomic E-state index is 0.00463. The Morgan fingerprint density at radius 3 is 2.44 bits per heavy atom. The summed E-state index contributed by atoms with van der Waals surface area (Å²) in [6, 6.07) is 2.09. The van der Waals surface area contributed by atoms with Crippen molar-refractivity contribution in [1.82, 2.24) is 25.5 Å². The van der Waals surface area contributed by atoms with E-state index >= 15 is 0 Å². The first-order chi connectivity index (χ1) is 15.4. The number of hydrogen-bond donors (Lipinski definition) is 3. The SMILES string of the molecule is CC1CCC(c2cc(Nc3cncc(OCC4CC4)n3)n[nH]2)C1.CCCC.CNC(C)=O. The van der Waals surface area contributed by atoms with Gasteiger partial charge in [0.1, 0.15) is 0 Å². The van der Waals surface area contributed by atoms with Crippen LogP contribution in [0.2, 0.25) is 0 Å². The fraction of sp³-hybridized carbons (Fsp3) is 0.667. The van der Waals surface area contributed by atoms with Crippen LogP contribution in [0.25, 0.3) is 0 Å². The van der Waals surface area contributed by atoms with Crippen molar-refractivity contribution in [3.05, 3.63) is 24.2 Å². The molecule has 2 saturated carbocycles. The van der Waals surface area contributed by atoms with Gasteiger partial charge in [0.2, 0.25) is 11.8 Å². The molecule has 4 rings (SSSR count). The highest BCUT2D eigenvalue weighted by molar-refractivity contribution is 5.72. The van der Waals surface area contributed by atoms with Crippen LogP contribution < -0.4 is 15.4 Å². The molecule has 8 nitrogen and oxygen atoms in total. The van der Waals surface area contributed by atoms with Crippen molar-refractivity contribution >= 4 is 17.5 Å². The molecule has 0 spiro atoms. The zero-order valence-electron chi connectivity index (χ0n) is 20.3. The topological polar surface area (TPSA) is 105 Å². The van der Waals surface area contributed by atoms with E-state index in [-0.39, 0.29) is 5.91 Å². The van der Waals surface area contributed by atoms with E-state index in [4.69, 9.17) is 4.74 Å². The zero-order valence-corrected chi connectivity index (χ0v) is 20.3. The summed E-state index contributed by atoms with van der Waals surface area (Å²) in [5.41, 5.74) is 1.21. The lowest BCUT2D eigenvalue weighted by atomic mass is 10.0. The van der Waals surface area contributed by atoms with Crippen LogP contribution in [0.4, 0.5) is 11.6 Å². The van der Waals surface area contributed by atoms with Gasteiger partial charge >= 0.3 is 0 Å². The third-order valence-electron chi connectivity index (χ3n) is 5.62. The molecule has 0 radical (unpaired) electrons. The van der Waals surface area contributed by atoms with Gasteiger partial charge in [-0.2, -0.15) is 10.1 Å². The van der Waals surface area contributed by atoms with Crippen molar-refractivity contribution in [3.63, 3.8) is 0 Å². The molecule has 2 fully saturated rings. The number of H-pyrrole nitrogens is 1. The Kier molecular flexibility index (Phi) is 11.0. The molecule has 0 saturated heterocycles. The fourth-order valence-corrected chi connectivity index (χ4v) is 3.20. The summed E-state index contributed by atoms with van der Waals surface area (Å²) in [6.45, 7) is 8.89. The number of unbranched alkanes of at least 4 members (excludes halogenated alkanes) is 1. The van der Waals surface area contributed by atoms with E-state index in [1.54, 1.807) is 19.4 Å². The molecule has 2 aromatic rings. The maximum absolute atomic E-state index is 9.70. The summed E-state index contributed by atoms with van der Waals surface area (Å²) >= 11 is 0. The lowest BCUT2D eigenvalue weighted by Gasteiger charge is -2.06. The quantitative estimate of drug-likeness (QED) is 0.542. The van der Waals surface area contributed by atoms with Crippen molar-refractivity contribution in [2.24, 2.45) is 11.8 Å². The molecule has 32 heavy (non-hydrogen) atoms. The van der Waals surface area contributed by atoms with Crippen LogP contribution >= 0.6 is 0 Å². The van der Waals surface area contributed by atoms with Crippen molar-refractivity contribution in [1.29, 1.82) is 0 Å². The maximum atomic E-state index is 9.70. The summed E-state index contributed by atoms with van der Waals surface area (Å²) in [6.07, 6.45) is 12.3. The number of aromatic nitrogens is 4. The average Bonchev–Trinajstić information content (AvgIpc) is 3.35. The van der Waals surface area contributed by atoms with Crippen molar-refractivity contribution < 1.29 is 9.53 Å². The normalized spacial score (nSPS) is 19.2.